The van der Waals surface area contributed by atoms with Crippen LogP contribution in [-0.2, 0) is 16.0 Å². The molecule has 126 valence electrons. The number of Topliss-reactive ketones (excluding diaryl/α,β-unsaturated/α-hetero) is 1. The van der Waals surface area contributed by atoms with Gasteiger partial charge in [0.2, 0.25) is 0 Å². The molecule has 0 N–H and O–H groups in total. The Kier molecular flexibility index (Phi) is 8.23. The Morgan fingerprint density at radius 2 is 2.17 bits per heavy atom. The third-order valence-corrected chi connectivity index (χ3v) is 3.74. The fourth-order valence-corrected chi connectivity index (χ4v) is 2.71. The van der Waals surface area contributed by atoms with Gasteiger partial charge in [-0.1, -0.05) is 18.2 Å². The lowest BCUT2D eigenvalue weighted by atomic mass is 9.80. The number of rotatable bonds is 5. The number of carbonyl (C=O) groups excluding carboxylic acids is 2. The van der Waals surface area contributed by atoms with Crippen LogP contribution in [-0.4, -0.2) is 18.4 Å². The van der Waals surface area contributed by atoms with E-state index in [1.807, 2.05) is 6.92 Å². The first kappa shape index (κ1) is 19.1. The number of ether oxygens (including phenoxy) is 1. The summed E-state index contributed by atoms with van der Waals surface area (Å²) in [6.45, 7) is 7.40. The quantitative estimate of drug-likeness (QED) is 0.593. The molecule has 1 unspecified atom stereocenters. The zero-order chi connectivity index (χ0) is 17.2. The van der Waals surface area contributed by atoms with E-state index in [1.165, 1.54) is 6.07 Å². The zero-order valence-electron chi connectivity index (χ0n) is 13.9. The lowest BCUT2D eigenvalue weighted by molar-refractivity contribution is -0.143. The van der Waals surface area contributed by atoms with E-state index in [9.17, 15) is 14.0 Å². The molecule has 1 aliphatic rings. The molecule has 1 aliphatic carbocycles. The van der Waals surface area contributed by atoms with Crippen molar-refractivity contribution in [2.75, 3.05) is 6.61 Å². The average Bonchev–Trinajstić information content (AvgIpc) is 2.51. The van der Waals surface area contributed by atoms with Gasteiger partial charge in [0, 0.05) is 17.9 Å². The molecule has 4 heteroatoms. The van der Waals surface area contributed by atoms with E-state index in [0.29, 0.717) is 49.8 Å². The Morgan fingerprint density at radius 3 is 2.83 bits per heavy atom. The second-order valence-electron chi connectivity index (χ2n) is 5.47. The molecule has 0 heterocycles. The van der Waals surface area contributed by atoms with E-state index in [2.05, 4.69) is 6.58 Å². The maximum absolute atomic E-state index is 13.6. The molecule has 0 bridgehead atoms. The third-order valence-electron chi connectivity index (χ3n) is 3.74. The van der Waals surface area contributed by atoms with E-state index in [1.54, 1.807) is 25.1 Å². The summed E-state index contributed by atoms with van der Waals surface area (Å²) in [6.07, 6.45) is 4.65. The molecule has 0 saturated heterocycles. The van der Waals surface area contributed by atoms with Crippen LogP contribution in [0.4, 0.5) is 4.39 Å². The first-order chi connectivity index (χ1) is 11.0. The van der Waals surface area contributed by atoms with Gasteiger partial charge in [-0.15, -0.1) is 6.58 Å². The number of carbonyl (C=O) groups is 2. The lowest BCUT2D eigenvalue weighted by Gasteiger charge is -2.23. The van der Waals surface area contributed by atoms with Crippen LogP contribution in [0.15, 0.2) is 30.9 Å². The van der Waals surface area contributed by atoms with Crippen LogP contribution in [0.1, 0.15) is 55.5 Å². The predicted octanol–water partition coefficient (Wildman–Crippen LogP) is 4.50. The van der Waals surface area contributed by atoms with Crippen molar-refractivity contribution in [2.24, 2.45) is 5.92 Å². The van der Waals surface area contributed by atoms with Gasteiger partial charge in [-0.3, -0.25) is 9.59 Å². The normalized spacial score (nSPS) is 16.0. The number of esters is 1. The molecular weight excluding hydrogens is 295 g/mol. The second-order valence-corrected chi connectivity index (χ2v) is 5.47. The summed E-state index contributed by atoms with van der Waals surface area (Å²) in [5.74, 6) is -0.601. The average molecular weight is 320 g/mol. The lowest BCUT2D eigenvalue weighted by Crippen LogP contribution is -2.23. The van der Waals surface area contributed by atoms with Gasteiger partial charge in [0.05, 0.1) is 6.61 Å². The highest BCUT2D eigenvalue weighted by molar-refractivity contribution is 6.00. The minimum Gasteiger partial charge on any atom is -0.466 e. The van der Waals surface area contributed by atoms with Crippen LogP contribution in [0.25, 0.3) is 0 Å². The number of fused-ring (bicyclic) bond motifs is 1. The van der Waals surface area contributed by atoms with Gasteiger partial charge >= 0.3 is 5.97 Å². The molecule has 0 fully saturated rings. The molecule has 0 radical (unpaired) electrons. The number of benzene rings is 1. The van der Waals surface area contributed by atoms with Gasteiger partial charge in [-0.2, -0.15) is 0 Å². The van der Waals surface area contributed by atoms with Gasteiger partial charge in [-0.25, -0.2) is 4.39 Å². The second kappa shape index (κ2) is 9.93. The van der Waals surface area contributed by atoms with Crippen molar-refractivity contribution in [3.8, 4) is 0 Å². The molecule has 2 rings (SSSR count). The van der Waals surface area contributed by atoms with Gasteiger partial charge in [0.25, 0.3) is 0 Å². The molecule has 0 aliphatic heterocycles. The molecule has 1 atom stereocenters. The Labute approximate surface area is 137 Å². The molecule has 0 amide bonds. The molecule has 23 heavy (non-hydrogen) atoms. The Hall–Kier alpha value is -1.97. The van der Waals surface area contributed by atoms with Crippen molar-refractivity contribution in [3.05, 3.63) is 47.8 Å². The maximum atomic E-state index is 13.6. The summed E-state index contributed by atoms with van der Waals surface area (Å²) in [4.78, 5) is 23.5. The standard InChI is InChI=1S/C16H19FO3.C3H6/c1-2-20-15(18)8-3-5-11-9-10-12-13(16(11)19)6-4-7-14(12)17;1-3-2/h4,6-7,11H,2-3,5,8-10H2,1H3;3H,1H2,2H3. The summed E-state index contributed by atoms with van der Waals surface area (Å²) < 4.78 is 18.5. The van der Waals surface area contributed by atoms with E-state index in [4.69, 9.17) is 4.74 Å². The highest BCUT2D eigenvalue weighted by atomic mass is 19.1. The summed E-state index contributed by atoms with van der Waals surface area (Å²) in [5, 5.41) is 0. The fraction of sp³-hybridized carbons (Fsp3) is 0.474. The molecule has 3 nitrogen and oxygen atoms in total. The van der Waals surface area contributed by atoms with Crippen molar-refractivity contribution in [2.45, 2.75) is 46.0 Å². The predicted molar refractivity (Wildman–Crippen MR) is 88.9 cm³/mol. The van der Waals surface area contributed by atoms with E-state index >= 15 is 0 Å². The van der Waals surface area contributed by atoms with E-state index < -0.39 is 0 Å². The van der Waals surface area contributed by atoms with E-state index in [0.717, 1.165) is 0 Å². The zero-order valence-corrected chi connectivity index (χ0v) is 13.9. The number of hydrogen-bond acceptors (Lipinski definition) is 3. The molecule has 1 aromatic rings. The molecule has 1 aromatic carbocycles. The Balaban J connectivity index is 0.000000816. The van der Waals surface area contributed by atoms with Gasteiger partial charge in [0.15, 0.2) is 5.78 Å². The fourth-order valence-electron chi connectivity index (χ4n) is 2.71. The van der Waals surface area contributed by atoms with Crippen LogP contribution < -0.4 is 0 Å². The van der Waals surface area contributed by atoms with Crippen LogP contribution in [0.2, 0.25) is 0 Å². The molecule has 0 saturated carbocycles. The van der Waals surface area contributed by atoms with Crippen LogP contribution >= 0.6 is 0 Å². The van der Waals surface area contributed by atoms with Crippen LogP contribution in [0, 0.1) is 11.7 Å². The van der Waals surface area contributed by atoms with Crippen molar-refractivity contribution < 1.29 is 18.7 Å². The number of ketones is 1. The minimum absolute atomic E-state index is 0.00890. The number of halogens is 1. The first-order valence-corrected chi connectivity index (χ1v) is 8.09. The first-order valence-electron chi connectivity index (χ1n) is 8.09. The van der Waals surface area contributed by atoms with Crippen molar-refractivity contribution in [1.82, 2.24) is 0 Å². The van der Waals surface area contributed by atoms with Crippen molar-refractivity contribution >= 4 is 11.8 Å². The molecule has 0 aromatic heterocycles. The van der Waals surface area contributed by atoms with E-state index in [-0.39, 0.29) is 23.5 Å². The summed E-state index contributed by atoms with van der Waals surface area (Å²) in [7, 11) is 0. The Morgan fingerprint density at radius 1 is 1.48 bits per heavy atom. The highest BCUT2D eigenvalue weighted by Crippen LogP contribution is 2.30. The van der Waals surface area contributed by atoms with Crippen molar-refractivity contribution in [3.63, 3.8) is 0 Å². The van der Waals surface area contributed by atoms with Crippen LogP contribution in [0.5, 0.6) is 0 Å². The number of allylic oxidation sites excluding steroid dienone is 1. The maximum Gasteiger partial charge on any atom is 0.305 e. The van der Waals surface area contributed by atoms with Crippen molar-refractivity contribution in [1.29, 1.82) is 0 Å². The Bertz CT molecular complexity index is 552. The smallest absolute Gasteiger partial charge is 0.305 e. The summed E-state index contributed by atoms with van der Waals surface area (Å²) >= 11 is 0. The largest absolute Gasteiger partial charge is 0.466 e. The van der Waals surface area contributed by atoms with Gasteiger partial charge in [0.1, 0.15) is 5.82 Å². The SMILES string of the molecule is C=CC.CCOC(=O)CCCC1CCc2c(F)cccc2C1=O. The number of hydrogen-bond donors (Lipinski definition) is 0. The topological polar surface area (TPSA) is 43.4 Å². The summed E-state index contributed by atoms with van der Waals surface area (Å²) in [6, 6.07) is 4.67. The highest BCUT2D eigenvalue weighted by Gasteiger charge is 2.28. The van der Waals surface area contributed by atoms with Crippen LogP contribution in [0.3, 0.4) is 0 Å². The van der Waals surface area contributed by atoms with Gasteiger partial charge in [-0.05, 0) is 51.2 Å². The summed E-state index contributed by atoms with van der Waals surface area (Å²) in [5.41, 5.74) is 1.05. The molecular formula is C19H25FO3. The molecule has 0 spiro atoms. The van der Waals surface area contributed by atoms with Gasteiger partial charge < -0.3 is 4.74 Å². The minimum atomic E-state index is -0.291. The third kappa shape index (κ3) is 5.62. The monoisotopic (exact) mass is 320 g/mol.